The van der Waals surface area contributed by atoms with Crippen LogP contribution >= 0.6 is 0 Å². The van der Waals surface area contributed by atoms with Crippen LogP contribution in [0.1, 0.15) is 82.7 Å². The fourth-order valence-electron chi connectivity index (χ4n) is 1.90. The number of nitrogens with zero attached hydrogens (tertiary/aromatic N) is 1. The summed E-state index contributed by atoms with van der Waals surface area (Å²) in [6, 6.07) is 5.12. The lowest BCUT2D eigenvalue weighted by molar-refractivity contribution is -0.174. The number of rotatable bonds is 7. The lowest BCUT2D eigenvalue weighted by atomic mass is 9.73. The van der Waals surface area contributed by atoms with Crippen LogP contribution in [0.25, 0.3) is 0 Å². The molecule has 4 heteroatoms. The molecular weight excluding hydrogens is 326 g/mol. The first-order chi connectivity index (χ1) is 21.3. The van der Waals surface area contributed by atoms with Crippen molar-refractivity contribution in [3.8, 4) is 11.8 Å². The first kappa shape index (κ1) is 5.59. The minimum atomic E-state index is -4.34. The highest BCUT2D eigenvalue weighted by Crippen LogP contribution is 2.40. The molecule has 1 aromatic rings. The number of carbonyl (C=O) groups is 1. The van der Waals surface area contributed by atoms with Crippen LogP contribution in [0.4, 0.5) is 0 Å². The standard InChI is InChI=1S/C22H31NO3/c1-3-23(4-2)17-11-12-18-26-21(24)22(25,19-13-7-5-8-14-19)20-15-9-6-10-16-20/h5,7-8,13-14,20,25H,3-4,6,9-10,15-18H2,1-2H3/i1D3,2D3,3D2,4D2,6D2,9D2,10D2,15D2,16D2,17D2,20D. The summed E-state index contributed by atoms with van der Waals surface area (Å²) in [5.74, 6) is -3.30. The average Bonchev–Trinajstić information content (AvgIpc) is 2.91. The summed E-state index contributed by atoms with van der Waals surface area (Å²) >= 11 is 0. The molecule has 0 amide bonds. The molecule has 0 aromatic heterocycles. The Balaban J connectivity index is 2.78. The van der Waals surface area contributed by atoms with Gasteiger partial charge in [-0.1, -0.05) is 75.0 Å². The van der Waals surface area contributed by atoms with Crippen LogP contribution in [0.3, 0.4) is 0 Å². The monoisotopic (exact) mass is 380 g/mol. The van der Waals surface area contributed by atoms with E-state index in [1.165, 1.54) is 12.0 Å². The topological polar surface area (TPSA) is 49.8 Å². The molecule has 1 aliphatic carbocycles. The Labute approximate surface area is 189 Å². The van der Waals surface area contributed by atoms with Gasteiger partial charge in [0.05, 0.1) is 9.24 Å². The number of hydrogen-bond acceptors (Lipinski definition) is 4. The maximum absolute atomic E-state index is 13.7. The van der Waals surface area contributed by atoms with Crippen LogP contribution in [0.15, 0.2) is 30.3 Å². The molecule has 0 aliphatic heterocycles. The van der Waals surface area contributed by atoms with E-state index in [1.54, 1.807) is 5.92 Å². The fraction of sp³-hybridized carbons (Fsp3) is 0.591. The Morgan fingerprint density at radius 1 is 1.35 bits per heavy atom. The number of hydrogen-bond donors (Lipinski definition) is 1. The second kappa shape index (κ2) is 10.4. The van der Waals surface area contributed by atoms with Crippen LogP contribution in [0.2, 0.25) is 0 Å². The number of benzene rings is 1. The fourth-order valence-corrected chi connectivity index (χ4v) is 1.90. The van der Waals surface area contributed by atoms with Crippen LogP contribution < -0.4 is 0 Å². The van der Waals surface area contributed by atoms with Crippen molar-refractivity contribution in [1.82, 2.24) is 4.90 Å². The Kier molecular flexibility index (Phi) is 2.23. The molecule has 0 radical (unpaired) electrons. The van der Waals surface area contributed by atoms with E-state index in [0.29, 0.717) is 0 Å². The Bertz CT molecular complexity index is 1420. The first-order valence-electron chi connectivity index (χ1n) is 18.6. The number of esters is 1. The van der Waals surface area contributed by atoms with Crippen molar-refractivity contribution in [2.24, 2.45) is 5.89 Å². The minimum Gasteiger partial charge on any atom is -0.450 e. The Morgan fingerprint density at radius 2 is 2.04 bits per heavy atom. The van der Waals surface area contributed by atoms with Gasteiger partial charge in [-0.25, -0.2) is 4.79 Å². The summed E-state index contributed by atoms with van der Waals surface area (Å²) < 4.78 is 189. The summed E-state index contributed by atoms with van der Waals surface area (Å²) in [7, 11) is 0. The quantitative estimate of drug-likeness (QED) is 0.582. The van der Waals surface area contributed by atoms with Gasteiger partial charge in [0.2, 0.25) is 0 Å². The molecule has 1 aromatic carbocycles. The Hall–Kier alpha value is -1.83. The third-order valence-electron chi connectivity index (χ3n) is 3.10. The molecule has 0 spiro atoms. The molecule has 1 atom stereocenters. The molecule has 0 heterocycles. The van der Waals surface area contributed by atoms with Crippen molar-refractivity contribution >= 4 is 5.97 Å². The first-order valence-corrected chi connectivity index (χ1v) is 7.11. The third kappa shape index (κ3) is 5.09. The summed E-state index contributed by atoms with van der Waals surface area (Å²) in [5, 5.41) is 11.9. The minimum absolute atomic E-state index is 0.815. The van der Waals surface area contributed by atoms with Crippen molar-refractivity contribution in [1.29, 1.82) is 0 Å². The van der Waals surface area contributed by atoms with E-state index in [4.69, 9.17) is 36.3 Å². The summed E-state index contributed by atoms with van der Waals surface area (Å²) in [6.07, 6.45) is -20.8. The second-order valence-corrected chi connectivity index (χ2v) is 4.63. The predicted octanol–water partition coefficient (Wildman–Crippen LogP) is 3.34. The molecule has 1 unspecified atom stereocenters. The van der Waals surface area contributed by atoms with Gasteiger partial charge >= 0.3 is 5.97 Å². The molecule has 1 saturated carbocycles. The molecule has 0 bridgehead atoms. The van der Waals surface area contributed by atoms with Gasteiger partial charge < -0.3 is 9.84 Å². The summed E-state index contributed by atoms with van der Waals surface area (Å²) in [4.78, 5) is 12.8. The van der Waals surface area contributed by atoms with Crippen molar-refractivity contribution in [3.05, 3.63) is 35.9 Å². The number of ether oxygens (including phenoxy) is 1. The molecule has 1 fully saturated rings. The van der Waals surface area contributed by atoms with E-state index in [9.17, 15) is 9.90 Å². The van der Waals surface area contributed by atoms with E-state index in [2.05, 4.69) is 0 Å². The van der Waals surface area contributed by atoms with Crippen LogP contribution in [0.5, 0.6) is 0 Å². The van der Waals surface area contributed by atoms with Gasteiger partial charge in [0.15, 0.2) is 12.2 Å². The molecule has 26 heavy (non-hydrogen) atoms. The van der Waals surface area contributed by atoms with Gasteiger partial charge in [-0.15, -0.1) is 0 Å². The van der Waals surface area contributed by atoms with Crippen molar-refractivity contribution in [3.63, 3.8) is 0 Å². The van der Waals surface area contributed by atoms with Gasteiger partial charge in [0.25, 0.3) is 0 Å². The van der Waals surface area contributed by atoms with Gasteiger partial charge in [0.1, 0.15) is 0 Å². The lowest BCUT2D eigenvalue weighted by Gasteiger charge is -2.36. The third-order valence-corrected chi connectivity index (χ3v) is 3.10. The molecule has 142 valence electrons. The predicted molar refractivity (Wildman–Crippen MR) is 103 cm³/mol. The lowest BCUT2D eigenvalue weighted by Crippen LogP contribution is -2.45. The summed E-state index contributed by atoms with van der Waals surface area (Å²) in [5.41, 5.74) is -4.93. The molecule has 2 rings (SSSR count). The van der Waals surface area contributed by atoms with Crippen molar-refractivity contribution in [2.75, 3.05) is 26.1 Å². The van der Waals surface area contributed by atoms with E-state index in [0.717, 1.165) is 24.3 Å². The maximum atomic E-state index is 13.7. The molecule has 1 aliphatic rings. The van der Waals surface area contributed by atoms with Gasteiger partial charge in [0, 0.05) is 34.7 Å². The second-order valence-electron chi connectivity index (χ2n) is 4.63. The van der Waals surface area contributed by atoms with Gasteiger partial charge in [-0.2, -0.15) is 0 Å². The van der Waals surface area contributed by atoms with Crippen molar-refractivity contribution in [2.45, 2.75) is 51.2 Å². The van der Waals surface area contributed by atoms with E-state index >= 15 is 0 Å². The number of carbonyl (C=O) groups excluding carboxylic acids is 1. The van der Waals surface area contributed by atoms with E-state index < -0.39 is 99.6 Å². The summed E-state index contributed by atoms with van der Waals surface area (Å²) in [6.45, 7) is -21.1. The van der Waals surface area contributed by atoms with Crippen molar-refractivity contribution < 1.29 is 46.2 Å². The van der Waals surface area contributed by atoms with Gasteiger partial charge in [-0.05, 0) is 31.3 Å². The van der Waals surface area contributed by atoms with Gasteiger partial charge in [-0.3, -0.25) is 4.90 Å². The average molecular weight is 381 g/mol. The SMILES string of the molecule is [2H]C([2H])(C#CCOC(=O)C(O)(c1ccccc1)C1([2H])C([2H])([2H])C([2H])([2H])C([2H])([2H])C([2H])([2H])C1([2H])[2H])N(C([2H])([2H])C([2H])([2H])[2H])C([2H])([2H])C([2H])([2H])[2H]. The highest BCUT2D eigenvalue weighted by Gasteiger charge is 2.46. The molecular formula is C22H31NO3. The molecule has 1 N–H and O–H groups in total. The molecule has 4 nitrogen and oxygen atoms in total. The Morgan fingerprint density at radius 3 is 2.69 bits per heavy atom. The van der Waals surface area contributed by atoms with Crippen LogP contribution in [-0.2, 0) is 15.1 Å². The maximum Gasteiger partial charge on any atom is 0.344 e. The van der Waals surface area contributed by atoms with E-state index in [1.807, 2.05) is 0 Å². The zero-order valence-corrected chi connectivity index (χ0v) is 13.3. The van der Waals surface area contributed by atoms with Crippen LogP contribution in [-0.4, -0.2) is 42.1 Å². The largest absolute Gasteiger partial charge is 0.450 e. The normalized spacial score (nSPS) is 43.8. The zero-order chi connectivity index (χ0) is 39.1. The zero-order valence-electron chi connectivity index (χ0n) is 36.3. The molecule has 0 saturated heterocycles. The van der Waals surface area contributed by atoms with Crippen LogP contribution in [0, 0.1) is 17.7 Å². The van der Waals surface area contributed by atoms with E-state index in [-0.39, 0.29) is 0 Å². The number of aliphatic hydroxyl groups is 1. The highest BCUT2D eigenvalue weighted by atomic mass is 16.5. The smallest absolute Gasteiger partial charge is 0.344 e. The highest BCUT2D eigenvalue weighted by molar-refractivity contribution is 5.81.